The molecule has 1 aliphatic heterocycles. The van der Waals surface area contributed by atoms with Crippen molar-refractivity contribution in [1.82, 2.24) is 15.2 Å². The zero-order chi connectivity index (χ0) is 20.9. The van der Waals surface area contributed by atoms with Crippen molar-refractivity contribution in [2.24, 2.45) is 5.92 Å². The van der Waals surface area contributed by atoms with E-state index in [1.54, 1.807) is 11.3 Å². The first-order valence-electron chi connectivity index (χ1n) is 9.97. The molecule has 156 valence electrons. The number of anilines is 1. The van der Waals surface area contributed by atoms with E-state index in [0.29, 0.717) is 18.8 Å². The molecule has 1 unspecified atom stereocenters. The van der Waals surface area contributed by atoms with Gasteiger partial charge < -0.3 is 15.5 Å². The number of hydrogen-bond acceptors (Lipinski definition) is 5. The van der Waals surface area contributed by atoms with E-state index in [-0.39, 0.29) is 17.9 Å². The highest BCUT2D eigenvalue weighted by Crippen LogP contribution is 2.27. The molecule has 8 heteroatoms. The molecular weight excluding hydrogens is 416 g/mol. The first-order chi connectivity index (χ1) is 14.6. The third-order valence-electron chi connectivity index (χ3n) is 5.16. The number of hydrogen-bond donors (Lipinski definition) is 2. The van der Waals surface area contributed by atoms with Crippen molar-refractivity contribution in [3.8, 4) is 10.6 Å². The molecule has 6 nitrogen and oxygen atoms in total. The molecule has 3 amide bonds. The van der Waals surface area contributed by atoms with Crippen LogP contribution in [-0.2, 0) is 0 Å². The van der Waals surface area contributed by atoms with Crippen LogP contribution in [0.1, 0.15) is 28.9 Å². The molecule has 1 atom stereocenters. The van der Waals surface area contributed by atoms with Crippen molar-refractivity contribution in [3.63, 3.8) is 0 Å². The summed E-state index contributed by atoms with van der Waals surface area (Å²) in [5, 5.41) is 12.5. The number of amides is 3. The number of thiophene rings is 1. The molecule has 0 radical (unpaired) electrons. The van der Waals surface area contributed by atoms with Crippen molar-refractivity contribution in [2.45, 2.75) is 19.8 Å². The predicted octanol–water partition coefficient (Wildman–Crippen LogP) is 4.85. The van der Waals surface area contributed by atoms with E-state index < -0.39 is 0 Å². The number of thiazole rings is 1. The van der Waals surface area contributed by atoms with Gasteiger partial charge in [0, 0.05) is 41.6 Å². The highest BCUT2D eigenvalue weighted by atomic mass is 32.1. The molecule has 0 aliphatic carbocycles. The lowest BCUT2D eigenvalue weighted by atomic mass is 9.98. The van der Waals surface area contributed by atoms with Crippen LogP contribution in [0.3, 0.4) is 0 Å². The molecule has 2 aromatic heterocycles. The van der Waals surface area contributed by atoms with Crippen molar-refractivity contribution in [3.05, 3.63) is 57.7 Å². The van der Waals surface area contributed by atoms with Crippen molar-refractivity contribution < 1.29 is 9.59 Å². The van der Waals surface area contributed by atoms with Crippen LogP contribution < -0.4 is 10.6 Å². The summed E-state index contributed by atoms with van der Waals surface area (Å²) in [6, 6.07) is 9.48. The monoisotopic (exact) mass is 440 g/mol. The molecule has 30 heavy (non-hydrogen) atoms. The summed E-state index contributed by atoms with van der Waals surface area (Å²) < 4.78 is 0. The maximum absolute atomic E-state index is 12.9. The van der Waals surface area contributed by atoms with Gasteiger partial charge in [0.15, 0.2) is 0 Å². The lowest BCUT2D eigenvalue weighted by Crippen LogP contribution is -2.44. The molecule has 0 saturated carbocycles. The number of urea groups is 1. The Bertz CT molecular complexity index is 999. The average Bonchev–Trinajstić information content (AvgIpc) is 3.45. The molecule has 1 aromatic carbocycles. The van der Waals surface area contributed by atoms with Gasteiger partial charge in [-0.15, -0.1) is 11.3 Å². The van der Waals surface area contributed by atoms with Crippen LogP contribution in [0, 0.1) is 12.8 Å². The Kier molecular flexibility index (Phi) is 6.44. The fourth-order valence-corrected chi connectivity index (χ4v) is 5.02. The summed E-state index contributed by atoms with van der Waals surface area (Å²) in [7, 11) is 0. The summed E-state index contributed by atoms with van der Waals surface area (Å²) in [5.41, 5.74) is 3.48. The van der Waals surface area contributed by atoms with Crippen LogP contribution in [-0.4, -0.2) is 41.5 Å². The van der Waals surface area contributed by atoms with Gasteiger partial charge in [-0.3, -0.25) is 4.79 Å². The first-order valence-corrected chi connectivity index (χ1v) is 11.8. The Morgan fingerprint density at radius 2 is 2.03 bits per heavy atom. The van der Waals surface area contributed by atoms with Crippen molar-refractivity contribution in [2.75, 3.05) is 25.0 Å². The SMILES string of the molecule is Cc1ccc(NC(=O)NCC2CCCN(C(=O)c3csc(-c4ccsc4)n3)C2)cc1. The first kappa shape index (κ1) is 20.6. The molecule has 1 fully saturated rings. The van der Waals surface area contributed by atoms with E-state index in [1.807, 2.05) is 58.3 Å². The van der Waals surface area contributed by atoms with Gasteiger partial charge in [0.1, 0.15) is 10.7 Å². The number of aromatic nitrogens is 1. The van der Waals surface area contributed by atoms with Crippen LogP contribution in [0.4, 0.5) is 10.5 Å². The zero-order valence-electron chi connectivity index (χ0n) is 16.8. The number of likely N-dealkylation sites (tertiary alicyclic amines) is 1. The Hall–Kier alpha value is -2.71. The molecule has 1 aliphatic rings. The highest BCUT2D eigenvalue weighted by molar-refractivity contribution is 7.14. The normalized spacial score (nSPS) is 16.3. The van der Waals surface area contributed by atoms with Gasteiger partial charge in [0.25, 0.3) is 5.91 Å². The van der Waals surface area contributed by atoms with Crippen LogP contribution >= 0.6 is 22.7 Å². The summed E-state index contributed by atoms with van der Waals surface area (Å²) in [4.78, 5) is 31.5. The number of rotatable bonds is 5. The number of benzene rings is 1. The summed E-state index contributed by atoms with van der Waals surface area (Å²) in [6.07, 6.45) is 1.92. The topological polar surface area (TPSA) is 74.3 Å². The van der Waals surface area contributed by atoms with Gasteiger partial charge in [-0.2, -0.15) is 11.3 Å². The average molecular weight is 441 g/mol. The minimum Gasteiger partial charge on any atom is -0.338 e. The number of nitrogens with one attached hydrogen (secondary N) is 2. The van der Waals surface area contributed by atoms with Gasteiger partial charge >= 0.3 is 6.03 Å². The molecule has 2 N–H and O–H groups in total. The van der Waals surface area contributed by atoms with E-state index in [9.17, 15) is 9.59 Å². The Morgan fingerprint density at radius 3 is 2.80 bits per heavy atom. The second-order valence-electron chi connectivity index (χ2n) is 7.51. The highest BCUT2D eigenvalue weighted by Gasteiger charge is 2.26. The lowest BCUT2D eigenvalue weighted by molar-refractivity contribution is 0.0670. The summed E-state index contributed by atoms with van der Waals surface area (Å²) >= 11 is 3.12. The molecular formula is C22H24N4O2S2. The van der Waals surface area contributed by atoms with Crippen LogP contribution in [0.2, 0.25) is 0 Å². The van der Waals surface area contributed by atoms with Crippen molar-refractivity contribution in [1.29, 1.82) is 0 Å². The smallest absolute Gasteiger partial charge is 0.319 e. The molecule has 3 heterocycles. The predicted molar refractivity (Wildman–Crippen MR) is 122 cm³/mol. The van der Waals surface area contributed by atoms with Gasteiger partial charge in [-0.1, -0.05) is 17.7 Å². The van der Waals surface area contributed by atoms with Crippen LogP contribution in [0.5, 0.6) is 0 Å². The molecule has 1 saturated heterocycles. The summed E-state index contributed by atoms with van der Waals surface area (Å²) in [6.45, 7) is 3.92. The second kappa shape index (κ2) is 9.40. The minimum absolute atomic E-state index is 0.0264. The van der Waals surface area contributed by atoms with Crippen molar-refractivity contribution >= 4 is 40.3 Å². The number of carbonyl (C=O) groups is 2. The third-order valence-corrected chi connectivity index (χ3v) is 6.73. The molecule has 4 rings (SSSR count). The van der Waals surface area contributed by atoms with Gasteiger partial charge in [-0.25, -0.2) is 9.78 Å². The minimum atomic E-state index is -0.220. The standard InChI is InChI=1S/C22H24N4O2S2/c1-15-4-6-18(7-5-15)24-22(28)23-11-16-3-2-9-26(12-16)21(27)19-14-30-20(25-19)17-8-10-29-13-17/h4-8,10,13-14,16H,2-3,9,11-12H2,1H3,(H2,23,24,28). The van der Waals surface area contributed by atoms with Gasteiger partial charge in [0.2, 0.25) is 0 Å². The number of nitrogens with zero attached hydrogens (tertiary/aromatic N) is 2. The number of carbonyl (C=O) groups excluding carboxylic acids is 2. The molecule has 0 bridgehead atoms. The van der Waals surface area contributed by atoms with Gasteiger partial charge in [-0.05, 0) is 49.3 Å². The Labute approximate surface area is 184 Å². The molecule has 3 aromatic rings. The zero-order valence-corrected chi connectivity index (χ0v) is 18.4. The molecule has 0 spiro atoms. The van der Waals surface area contributed by atoms with Gasteiger partial charge in [0.05, 0.1) is 0 Å². The number of piperidine rings is 1. The van der Waals surface area contributed by atoms with E-state index in [1.165, 1.54) is 11.3 Å². The second-order valence-corrected chi connectivity index (χ2v) is 9.15. The van der Waals surface area contributed by atoms with Crippen LogP contribution in [0.15, 0.2) is 46.5 Å². The maximum Gasteiger partial charge on any atom is 0.319 e. The fraction of sp³-hybridized carbons (Fsp3) is 0.318. The van der Waals surface area contributed by atoms with E-state index in [2.05, 4.69) is 15.6 Å². The Balaban J connectivity index is 1.29. The maximum atomic E-state index is 12.9. The quantitative estimate of drug-likeness (QED) is 0.595. The summed E-state index contributed by atoms with van der Waals surface area (Å²) in [5.74, 6) is 0.211. The van der Waals surface area contributed by atoms with E-state index >= 15 is 0 Å². The number of aryl methyl sites for hydroxylation is 1. The Morgan fingerprint density at radius 1 is 1.20 bits per heavy atom. The fourth-order valence-electron chi connectivity index (χ4n) is 3.52. The lowest BCUT2D eigenvalue weighted by Gasteiger charge is -2.32. The largest absolute Gasteiger partial charge is 0.338 e. The van der Waals surface area contributed by atoms with E-state index in [4.69, 9.17) is 0 Å². The third kappa shape index (κ3) is 5.06. The van der Waals surface area contributed by atoms with E-state index in [0.717, 1.165) is 41.2 Å². The van der Waals surface area contributed by atoms with Crippen LogP contribution in [0.25, 0.3) is 10.6 Å².